The fraction of sp³-hybridized carbons (Fsp3) is 0.500. The molecule has 0 spiro atoms. The van der Waals surface area contributed by atoms with Crippen LogP contribution in [0.5, 0.6) is 0 Å². The third-order valence-electron chi connectivity index (χ3n) is 2.17. The zero-order valence-corrected chi connectivity index (χ0v) is 10.6. The average Bonchev–Trinajstić information content (AvgIpc) is 2.17. The molecule has 0 aliphatic heterocycles. The maximum atomic E-state index is 3.55. The minimum Gasteiger partial charge on any atom is -0.304 e. The Hall–Kier alpha value is -0.340. The molecule has 0 heterocycles. The van der Waals surface area contributed by atoms with Gasteiger partial charge in [-0.25, -0.2) is 0 Å². The SMILES string of the molecule is CNC(Br)c1ccc(CC(C)C)cc1. The van der Waals surface area contributed by atoms with Crippen molar-refractivity contribution in [1.82, 2.24) is 5.32 Å². The molecule has 0 aliphatic carbocycles. The predicted octanol–water partition coefficient (Wildman–Crippen LogP) is 3.50. The molecular formula is C12H18BrN. The second kappa shape index (κ2) is 5.52. The monoisotopic (exact) mass is 255 g/mol. The van der Waals surface area contributed by atoms with Gasteiger partial charge in [0.05, 0.1) is 4.95 Å². The van der Waals surface area contributed by atoms with E-state index in [-0.39, 0.29) is 4.95 Å². The molecule has 78 valence electrons. The number of hydrogen-bond donors (Lipinski definition) is 1. The van der Waals surface area contributed by atoms with Gasteiger partial charge in [0.2, 0.25) is 0 Å². The van der Waals surface area contributed by atoms with Gasteiger partial charge in [0.15, 0.2) is 0 Å². The molecule has 0 radical (unpaired) electrons. The molecule has 0 amide bonds. The van der Waals surface area contributed by atoms with E-state index in [1.807, 2.05) is 7.05 Å². The molecule has 0 aliphatic rings. The van der Waals surface area contributed by atoms with E-state index in [1.54, 1.807) is 0 Å². The molecule has 0 saturated carbocycles. The fourth-order valence-electron chi connectivity index (χ4n) is 1.46. The Bertz CT molecular complexity index is 266. The topological polar surface area (TPSA) is 12.0 Å². The van der Waals surface area contributed by atoms with Crippen molar-refractivity contribution in [3.8, 4) is 0 Å². The van der Waals surface area contributed by atoms with Gasteiger partial charge >= 0.3 is 0 Å². The molecule has 0 fully saturated rings. The Morgan fingerprint density at radius 3 is 2.21 bits per heavy atom. The van der Waals surface area contributed by atoms with Crippen molar-refractivity contribution in [2.75, 3.05) is 7.05 Å². The van der Waals surface area contributed by atoms with Crippen molar-refractivity contribution in [3.63, 3.8) is 0 Å². The van der Waals surface area contributed by atoms with E-state index >= 15 is 0 Å². The standard InChI is InChI=1S/C12H18BrN/c1-9(2)8-10-4-6-11(7-5-10)12(13)14-3/h4-7,9,12,14H,8H2,1-3H3. The van der Waals surface area contributed by atoms with E-state index in [0.717, 1.165) is 12.3 Å². The molecule has 2 heteroatoms. The van der Waals surface area contributed by atoms with Crippen molar-refractivity contribution in [1.29, 1.82) is 0 Å². The summed E-state index contributed by atoms with van der Waals surface area (Å²) in [5.41, 5.74) is 2.69. The van der Waals surface area contributed by atoms with E-state index < -0.39 is 0 Å². The van der Waals surface area contributed by atoms with E-state index in [9.17, 15) is 0 Å². The third kappa shape index (κ3) is 3.43. The van der Waals surface area contributed by atoms with Crippen LogP contribution in [0.1, 0.15) is 29.9 Å². The van der Waals surface area contributed by atoms with Crippen molar-refractivity contribution in [2.24, 2.45) is 5.92 Å². The molecule has 14 heavy (non-hydrogen) atoms. The lowest BCUT2D eigenvalue weighted by atomic mass is 10.0. The first-order valence-electron chi connectivity index (χ1n) is 5.03. The molecule has 0 aromatic heterocycles. The molecule has 1 atom stereocenters. The highest BCUT2D eigenvalue weighted by Crippen LogP contribution is 2.19. The highest BCUT2D eigenvalue weighted by molar-refractivity contribution is 9.09. The largest absolute Gasteiger partial charge is 0.304 e. The normalized spacial score (nSPS) is 13.2. The number of rotatable bonds is 4. The molecule has 1 N–H and O–H groups in total. The van der Waals surface area contributed by atoms with Crippen LogP contribution in [-0.4, -0.2) is 7.05 Å². The van der Waals surface area contributed by atoms with Crippen molar-refractivity contribution >= 4 is 15.9 Å². The molecule has 1 unspecified atom stereocenters. The van der Waals surface area contributed by atoms with E-state index in [0.29, 0.717) is 0 Å². The van der Waals surface area contributed by atoms with E-state index in [1.165, 1.54) is 11.1 Å². The zero-order valence-electron chi connectivity index (χ0n) is 9.05. The van der Waals surface area contributed by atoms with Crippen LogP contribution in [0.4, 0.5) is 0 Å². The lowest BCUT2D eigenvalue weighted by Gasteiger charge is -2.10. The summed E-state index contributed by atoms with van der Waals surface area (Å²) in [6, 6.07) is 8.77. The van der Waals surface area contributed by atoms with Crippen LogP contribution in [0.15, 0.2) is 24.3 Å². The van der Waals surface area contributed by atoms with Gasteiger partial charge in [-0.3, -0.25) is 0 Å². The van der Waals surface area contributed by atoms with Gasteiger partial charge in [-0.1, -0.05) is 54.0 Å². The van der Waals surface area contributed by atoms with Gasteiger partial charge in [0.1, 0.15) is 0 Å². The van der Waals surface area contributed by atoms with E-state index in [2.05, 4.69) is 59.4 Å². The van der Waals surface area contributed by atoms with Gasteiger partial charge in [0, 0.05) is 0 Å². The van der Waals surface area contributed by atoms with Gasteiger partial charge < -0.3 is 5.32 Å². The highest BCUT2D eigenvalue weighted by atomic mass is 79.9. The van der Waals surface area contributed by atoms with Crippen molar-refractivity contribution < 1.29 is 0 Å². The molecule has 1 rings (SSSR count). The van der Waals surface area contributed by atoms with Gasteiger partial charge in [-0.15, -0.1) is 0 Å². The molecular weight excluding hydrogens is 238 g/mol. The quantitative estimate of drug-likeness (QED) is 0.642. The Balaban J connectivity index is 2.68. The summed E-state index contributed by atoms with van der Waals surface area (Å²) in [6.45, 7) is 4.49. The maximum Gasteiger partial charge on any atom is 0.0884 e. The van der Waals surface area contributed by atoms with Gasteiger partial charge in [-0.05, 0) is 30.5 Å². The molecule has 1 nitrogen and oxygen atoms in total. The van der Waals surface area contributed by atoms with Crippen LogP contribution in [0.25, 0.3) is 0 Å². The first-order chi connectivity index (χ1) is 6.63. The zero-order chi connectivity index (χ0) is 10.6. The summed E-state index contributed by atoms with van der Waals surface area (Å²) in [5.74, 6) is 0.727. The first-order valence-corrected chi connectivity index (χ1v) is 5.95. The number of nitrogens with one attached hydrogen (secondary N) is 1. The third-order valence-corrected chi connectivity index (χ3v) is 3.16. The Morgan fingerprint density at radius 1 is 1.21 bits per heavy atom. The second-order valence-corrected chi connectivity index (χ2v) is 4.91. The van der Waals surface area contributed by atoms with Gasteiger partial charge in [-0.2, -0.15) is 0 Å². The summed E-state index contributed by atoms with van der Waals surface area (Å²) >= 11 is 3.55. The first kappa shape index (κ1) is 11.7. The van der Waals surface area contributed by atoms with Crippen LogP contribution in [0.3, 0.4) is 0 Å². The summed E-state index contributed by atoms with van der Waals surface area (Å²) in [5, 5.41) is 3.16. The van der Waals surface area contributed by atoms with E-state index in [4.69, 9.17) is 0 Å². The Kier molecular flexibility index (Phi) is 4.63. The van der Waals surface area contributed by atoms with Crippen LogP contribution >= 0.6 is 15.9 Å². The highest BCUT2D eigenvalue weighted by Gasteiger charge is 2.03. The number of alkyl halides is 1. The summed E-state index contributed by atoms with van der Waals surface area (Å²) in [4.78, 5) is 0.260. The minimum absolute atomic E-state index is 0.260. The predicted molar refractivity (Wildman–Crippen MR) is 65.7 cm³/mol. The maximum absolute atomic E-state index is 3.55. The lowest BCUT2D eigenvalue weighted by Crippen LogP contribution is -2.09. The number of halogens is 1. The number of hydrogen-bond acceptors (Lipinski definition) is 1. The minimum atomic E-state index is 0.260. The van der Waals surface area contributed by atoms with Crippen molar-refractivity contribution in [2.45, 2.75) is 25.2 Å². The van der Waals surface area contributed by atoms with Crippen molar-refractivity contribution in [3.05, 3.63) is 35.4 Å². The van der Waals surface area contributed by atoms with Crippen LogP contribution in [0.2, 0.25) is 0 Å². The lowest BCUT2D eigenvalue weighted by molar-refractivity contribution is 0.647. The second-order valence-electron chi connectivity index (χ2n) is 3.99. The molecule has 1 aromatic rings. The summed E-state index contributed by atoms with van der Waals surface area (Å²) in [6.07, 6.45) is 1.16. The van der Waals surface area contributed by atoms with Crippen LogP contribution < -0.4 is 5.32 Å². The number of benzene rings is 1. The molecule has 1 aromatic carbocycles. The summed E-state index contributed by atoms with van der Waals surface area (Å²) in [7, 11) is 1.95. The summed E-state index contributed by atoms with van der Waals surface area (Å²) < 4.78 is 0. The van der Waals surface area contributed by atoms with Gasteiger partial charge in [0.25, 0.3) is 0 Å². The average molecular weight is 256 g/mol. The smallest absolute Gasteiger partial charge is 0.0884 e. The van der Waals surface area contributed by atoms with Crippen LogP contribution in [0, 0.1) is 5.92 Å². The fourth-order valence-corrected chi connectivity index (χ4v) is 1.77. The Labute approximate surface area is 95.0 Å². The molecule has 0 bridgehead atoms. The van der Waals surface area contributed by atoms with Crippen LogP contribution in [-0.2, 0) is 6.42 Å². The molecule has 0 saturated heterocycles. The Morgan fingerprint density at radius 2 is 1.79 bits per heavy atom.